The molecule has 71 heavy (non-hydrogen) atoms. The average Bonchev–Trinajstić information content (AvgIpc) is 3.37. The van der Waals surface area contributed by atoms with Gasteiger partial charge in [0, 0.05) is 19.3 Å². The normalized spacial score (nSPS) is 12.9. The summed E-state index contributed by atoms with van der Waals surface area (Å²) >= 11 is 0. The minimum Gasteiger partial charge on any atom is -0.462 e. The standard InChI is InChI=1S/C65H108O6/c1-4-7-10-13-16-19-22-25-28-31-32-35-37-40-43-46-49-52-55-58-64(67)70-61-62(71-65(68)59-56-53-50-47-44-41-38-34-30-27-24-21-18-15-12-9-6-3)60-69-63(66)57-54-51-48-45-42-39-36-33-29-26-23-20-17-14-11-8-5-2/h9,12,16-21,25-30,38,41,47,50,62H,4-8,10-11,13-15,22-24,31-37,39-40,42-46,48-49,51-61H2,1-3H3/b12-9-,19-16-,20-17-,21-18-,28-25-,29-26-,30-27-,41-38-,50-47-/t62-/m0/s1. The van der Waals surface area contributed by atoms with Crippen molar-refractivity contribution in [2.24, 2.45) is 0 Å². The van der Waals surface area contributed by atoms with Gasteiger partial charge in [0.15, 0.2) is 6.10 Å². The van der Waals surface area contributed by atoms with E-state index in [1.807, 2.05) is 0 Å². The summed E-state index contributed by atoms with van der Waals surface area (Å²) in [7, 11) is 0. The van der Waals surface area contributed by atoms with E-state index in [2.05, 4.69) is 130 Å². The molecule has 0 aromatic carbocycles. The minimum atomic E-state index is -0.816. The fraction of sp³-hybridized carbons (Fsp3) is 0.677. The lowest BCUT2D eigenvalue weighted by Gasteiger charge is -2.18. The van der Waals surface area contributed by atoms with Crippen molar-refractivity contribution in [3.8, 4) is 0 Å². The Morgan fingerprint density at radius 2 is 0.563 bits per heavy atom. The van der Waals surface area contributed by atoms with Crippen LogP contribution in [0.2, 0.25) is 0 Å². The molecule has 6 heteroatoms. The van der Waals surface area contributed by atoms with Crippen LogP contribution in [0, 0.1) is 0 Å². The number of carbonyl (C=O) groups is 3. The number of unbranched alkanes of at least 4 members (excludes halogenated alkanes) is 23. The molecule has 0 aliphatic heterocycles. The minimum absolute atomic E-state index is 0.107. The van der Waals surface area contributed by atoms with E-state index >= 15 is 0 Å². The topological polar surface area (TPSA) is 78.9 Å². The second kappa shape index (κ2) is 58.6. The molecule has 0 aromatic heterocycles. The smallest absolute Gasteiger partial charge is 0.306 e. The van der Waals surface area contributed by atoms with Gasteiger partial charge < -0.3 is 14.2 Å². The molecular formula is C65H108O6. The summed E-state index contributed by atoms with van der Waals surface area (Å²) in [6, 6.07) is 0. The SMILES string of the molecule is CC/C=C\C/C=C\C/C=C\C/C=C\C/C=C\CCCC(=O)O[C@@H](COC(=O)CCCCCCCCC/C=C\C/C=C\CCCCC)COC(=O)CCCCCCCCCCC/C=C\C/C=C\CCCCC. The van der Waals surface area contributed by atoms with Gasteiger partial charge >= 0.3 is 17.9 Å². The van der Waals surface area contributed by atoms with Crippen LogP contribution in [0.3, 0.4) is 0 Å². The zero-order valence-corrected chi connectivity index (χ0v) is 46.2. The Morgan fingerprint density at radius 3 is 0.901 bits per heavy atom. The number of ether oxygens (including phenoxy) is 3. The zero-order chi connectivity index (χ0) is 51.4. The Morgan fingerprint density at radius 1 is 0.296 bits per heavy atom. The Kier molecular flexibility index (Phi) is 55.4. The third kappa shape index (κ3) is 56.9. The molecule has 0 N–H and O–H groups in total. The predicted molar refractivity (Wildman–Crippen MR) is 307 cm³/mol. The van der Waals surface area contributed by atoms with Crippen LogP contribution in [0.25, 0.3) is 0 Å². The number of carbonyl (C=O) groups excluding carboxylic acids is 3. The van der Waals surface area contributed by atoms with E-state index in [-0.39, 0.29) is 37.5 Å². The second-order valence-electron chi connectivity index (χ2n) is 19.2. The summed E-state index contributed by atoms with van der Waals surface area (Å²) in [5.41, 5.74) is 0. The van der Waals surface area contributed by atoms with Crippen molar-refractivity contribution in [2.75, 3.05) is 13.2 Å². The highest BCUT2D eigenvalue weighted by molar-refractivity contribution is 5.71. The van der Waals surface area contributed by atoms with Gasteiger partial charge in [-0.05, 0) is 122 Å². The molecule has 0 heterocycles. The summed E-state index contributed by atoms with van der Waals surface area (Å²) in [6.45, 7) is 6.43. The highest BCUT2D eigenvalue weighted by Crippen LogP contribution is 2.14. The lowest BCUT2D eigenvalue weighted by Crippen LogP contribution is -2.30. The monoisotopic (exact) mass is 985 g/mol. The van der Waals surface area contributed by atoms with Crippen molar-refractivity contribution in [1.82, 2.24) is 0 Å². The van der Waals surface area contributed by atoms with Gasteiger partial charge in [0.2, 0.25) is 0 Å². The Hall–Kier alpha value is -3.93. The molecule has 0 aliphatic carbocycles. The summed E-state index contributed by atoms with van der Waals surface area (Å²) in [4.78, 5) is 38.2. The first kappa shape index (κ1) is 67.1. The average molecular weight is 986 g/mol. The molecule has 0 aliphatic rings. The van der Waals surface area contributed by atoms with Crippen molar-refractivity contribution >= 4 is 17.9 Å². The maximum Gasteiger partial charge on any atom is 0.306 e. The van der Waals surface area contributed by atoms with E-state index in [1.54, 1.807) is 0 Å². The second-order valence-corrected chi connectivity index (χ2v) is 19.2. The van der Waals surface area contributed by atoms with E-state index in [0.29, 0.717) is 19.3 Å². The number of hydrogen-bond acceptors (Lipinski definition) is 6. The van der Waals surface area contributed by atoms with Crippen molar-refractivity contribution in [3.05, 3.63) is 109 Å². The van der Waals surface area contributed by atoms with Gasteiger partial charge in [0.05, 0.1) is 0 Å². The van der Waals surface area contributed by atoms with E-state index < -0.39 is 6.10 Å². The van der Waals surface area contributed by atoms with Crippen LogP contribution < -0.4 is 0 Å². The summed E-state index contributed by atoms with van der Waals surface area (Å²) in [6.07, 6.45) is 79.4. The van der Waals surface area contributed by atoms with Crippen LogP contribution in [0.5, 0.6) is 0 Å². The van der Waals surface area contributed by atoms with Gasteiger partial charge in [-0.25, -0.2) is 0 Å². The summed E-state index contributed by atoms with van der Waals surface area (Å²) < 4.78 is 16.8. The molecule has 0 amide bonds. The number of hydrogen-bond donors (Lipinski definition) is 0. The Bertz CT molecular complexity index is 1460. The first-order valence-electron chi connectivity index (χ1n) is 29.4. The van der Waals surface area contributed by atoms with Crippen molar-refractivity contribution in [3.63, 3.8) is 0 Å². The molecule has 6 nitrogen and oxygen atoms in total. The van der Waals surface area contributed by atoms with E-state index in [1.165, 1.54) is 122 Å². The summed E-state index contributed by atoms with van der Waals surface area (Å²) in [5, 5.41) is 0. The fourth-order valence-corrected chi connectivity index (χ4v) is 7.83. The molecule has 0 fully saturated rings. The molecular weight excluding hydrogens is 877 g/mol. The van der Waals surface area contributed by atoms with Crippen LogP contribution in [-0.4, -0.2) is 37.2 Å². The van der Waals surface area contributed by atoms with Gasteiger partial charge in [-0.2, -0.15) is 0 Å². The zero-order valence-electron chi connectivity index (χ0n) is 46.2. The van der Waals surface area contributed by atoms with Crippen LogP contribution in [-0.2, 0) is 28.6 Å². The van der Waals surface area contributed by atoms with Gasteiger partial charge in [-0.1, -0.05) is 233 Å². The third-order valence-electron chi connectivity index (χ3n) is 12.2. The molecule has 0 spiro atoms. The highest BCUT2D eigenvalue weighted by atomic mass is 16.6. The molecule has 0 unspecified atom stereocenters. The molecule has 1 atom stereocenters. The molecule has 0 saturated heterocycles. The van der Waals surface area contributed by atoms with Crippen molar-refractivity contribution in [2.45, 2.75) is 271 Å². The molecule has 0 rings (SSSR count). The fourth-order valence-electron chi connectivity index (χ4n) is 7.83. The van der Waals surface area contributed by atoms with Gasteiger partial charge in [0.25, 0.3) is 0 Å². The maximum absolute atomic E-state index is 12.8. The van der Waals surface area contributed by atoms with Crippen LogP contribution in [0.4, 0.5) is 0 Å². The van der Waals surface area contributed by atoms with Crippen LogP contribution in [0.15, 0.2) is 109 Å². The Labute approximate surface area is 438 Å². The molecule has 0 bridgehead atoms. The molecule has 0 radical (unpaired) electrons. The number of rotatable bonds is 52. The van der Waals surface area contributed by atoms with E-state index in [4.69, 9.17) is 14.2 Å². The molecule has 404 valence electrons. The number of esters is 3. The number of allylic oxidation sites excluding steroid dienone is 18. The largest absolute Gasteiger partial charge is 0.462 e. The van der Waals surface area contributed by atoms with E-state index in [9.17, 15) is 14.4 Å². The summed E-state index contributed by atoms with van der Waals surface area (Å²) in [5.74, 6) is -0.975. The third-order valence-corrected chi connectivity index (χ3v) is 12.2. The van der Waals surface area contributed by atoms with E-state index in [0.717, 1.165) is 96.3 Å². The molecule has 0 aromatic rings. The van der Waals surface area contributed by atoms with Gasteiger partial charge in [-0.3, -0.25) is 14.4 Å². The first-order chi connectivity index (χ1) is 35.0. The van der Waals surface area contributed by atoms with Gasteiger partial charge in [-0.15, -0.1) is 0 Å². The Balaban J connectivity index is 4.49. The maximum atomic E-state index is 12.8. The van der Waals surface area contributed by atoms with Crippen LogP contribution >= 0.6 is 0 Å². The quantitative estimate of drug-likeness (QED) is 0.0261. The molecule has 0 saturated carbocycles. The van der Waals surface area contributed by atoms with Gasteiger partial charge in [0.1, 0.15) is 13.2 Å². The van der Waals surface area contributed by atoms with Crippen LogP contribution in [0.1, 0.15) is 265 Å². The highest BCUT2D eigenvalue weighted by Gasteiger charge is 2.19. The lowest BCUT2D eigenvalue weighted by molar-refractivity contribution is -0.167. The first-order valence-corrected chi connectivity index (χ1v) is 29.4. The van der Waals surface area contributed by atoms with Crippen molar-refractivity contribution < 1.29 is 28.6 Å². The predicted octanol–water partition coefficient (Wildman–Crippen LogP) is 19.9. The van der Waals surface area contributed by atoms with Crippen molar-refractivity contribution in [1.29, 1.82) is 0 Å². The lowest BCUT2D eigenvalue weighted by atomic mass is 10.1.